The Morgan fingerprint density at radius 2 is 1.85 bits per heavy atom. The third-order valence-corrected chi connectivity index (χ3v) is 4.85. The molecule has 0 atom stereocenters. The van der Waals surface area contributed by atoms with E-state index in [-0.39, 0.29) is 5.75 Å². The van der Waals surface area contributed by atoms with Gasteiger partial charge in [-0.05, 0) is 17.7 Å². The topological polar surface area (TPSA) is 61.4 Å². The van der Waals surface area contributed by atoms with Crippen molar-refractivity contribution in [2.45, 2.75) is 6.54 Å². The summed E-state index contributed by atoms with van der Waals surface area (Å²) in [6.07, 6.45) is 0. The molecule has 1 heterocycles. The molecule has 0 radical (unpaired) electrons. The number of rotatable bonds is 6. The quantitative estimate of drug-likeness (QED) is 0.809. The maximum Gasteiger partial charge on any atom is 0.213 e. The maximum atomic E-state index is 11.9. The molecule has 0 aromatic heterocycles. The number of hydrogen-bond acceptors (Lipinski definition) is 4. The van der Waals surface area contributed by atoms with Gasteiger partial charge in [0.25, 0.3) is 0 Å². The smallest absolute Gasteiger partial charge is 0.213 e. The number of piperazine rings is 1. The van der Waals surface area contributed by atoms with Gasteiger partial charge in [-0.1, -0.05) is 23.7 Å². The molecule has 1 aliphatic rings. The van der Waals surface area contributed by atoms with Crippen molar-refractivity contribution in [1.29, 1.82) is 0 Å². The maximum absolute atomic E-state index is 11.9. The Hall–Kier alpha value is -0.660. The molecule has 112 valence electrons. The Labute approximate surface area is 125 Å². The van der Waals surface area contributed by atoms with Gasteiger partial charge in [0.15, 0.2) is 0 Å². The van der Waals surface area contributed by atoms with Crippen LogP contribution >= 0.6 is 11.6 Å². The van der Waals surface area contributed by atoms with Gasteiger partial charge in [-0.25, -0.2) is 13.1 Å². The lowest BCUT2D eigenvalue weighted by molar-refractivity contribution is 0.253. The highest BCUT2D eigenvalue weighted by Gasteiger charge is 2.15. The first-order valence-electron chi connectivity index (χ1n) is 6.70. The number of sulfonamides is 1. The van der Waals surface area contributed by atoms with Crippen molar-refractivity contribution in [2.24, 2.45) is 0 Å². The first kappa shape index (κ1) is 15.7. The summed E-state index contributed by atoms with van der Waals surface area (Å²) < 4.78 is 26.5. The number of nitrogens with zero attached hydrogens (tertiary/aromatic N) is 1. The van der Waals surface area contributed by atoms with Crippen LogP contribution in [0.5, 0.6) is 0 Å². The molecule has 1 aromatic rings. The Morgan fingerprint density at radius 1 is 1.20 bits per heavy atom. The fourth-order valence-corrected chi connectivity index (χ4v) is 3.21. The van der Waals surface area contributed by atoms with Crippen molar-refractivity contribution in [3.63, 3.8) is 0 Å². The number of hydrogen-bond donors (Lipinski definition) is 2. The molecule has 2 rings (SSSR count). The van der Waals surface area contributed by atoms with Crippen LogP contribution in [-0.2, 0) is 16.6 Å². The minimum atomic E-state index is -3.23. The van der Waals surface area contributed by atoms with Gasteiger partial charge in [0.2, 0.25) is 10.0 Å². The molecule has 1 fully saturated rings. The Morgan fingerprint density at radius 3 is 2.50 bits per heavy atom. The molecule has 2 N–H and O–H groups in total. The van der Waals surface area contributed by atoms with Crippen LogP contribution in [0.3, 0.4) is 0 Å². The predicted molar refractivity (Wildman–Crippen MR) is 81.4 cm³/mol. The molecule has 20 heavy (non-hydrogen) atoms. The average molecular weight is 318 g/mol. The van der Waals surface area contributed by atoms with Crippen LogP contribution in [0.1, 0.15) is 5.56 Å². The van der Waals surface area contributed by atoms with Crippen molar-refractivity contribution in [2.75, 3.05) is 38.5 Å². The molecule has 0 spiro atoms. The van der Waals surface area contributed by atoms with Crippen LogP contribution in [0.15, 0.2) is 24.3 Å². The van der Waals surface area contributed by atoms with E-state index in [9.17, 15) is 8.42 Å². The summed E-state index contributed by atoms with van der Waals surface area (Å²) in [6, 6.07) is 7.15. The molecule has 0 amide bonds. The van der Waals surface area contributed by atoms with Crippen LogP contribution in [0.2, 0.25) is 5.02 Å². The molecule has 1 aliphatic heterocycles. The minimum absolute atomic E-state index is 0.139. The highest BCUT2D eigenvalue weighted by molar-refractivity contribution is 7.89. The van der Waals surface area contributed by atoms with Crippen LogP contribution in [0.4, 0.5) is 0 Å². The van der Waals surface area contributed by atoms with Crippen molar-refractivity contribution in [3.8, 4) is 0 Å². The van der Waals surface area contributed by atoms with Crippen LogP contribution in [0.25, 0.3) is 0 Å². The molecule has 5 nitrogen and oxygen atoms in total. The number of halogens is 1. The first-order valence-corrected chi connectivity index (χ1v) is 8.73. The molecular weight excluding hydrogens is 298 g/mol. The van der Waals surface area contributed by atoms with E-state index in [2.05, 4.69) is 14.9 Å². The lowest BCUT2D eigenvalue weighted by atomic mass is 10.2. The number of benzene rings is 1. The van der Waals surface area contributed by atoms with E-state index in [0.29, 0.717) is 18.1 Å². The van der Waals surface area contributed by atoms with Gasteiger partial charge >= 0.3 is 0 Å². The molecule has 0 unspecified atom stereocenters. The SMILES string of the molecule is O=S(=O)(CCN1CCNCC1)NCc1ccc(Cl)cc1. The standard InChI is InChI=1S/C13H20ClN3O2S/c14-13-3-1-12(2-4-13)11-16-20(18,19)10-9-17-7-5-15-6-8-17/h1-4,15-16H,5-11H2. The second-order valence-electron chi connectivity index (χ2n) is 4.86. The van der Waals surface area contributed by atoms with E-state index in [4.69, 9.17) is 11.6 Å². The molecule has 7 heteroatoms. The Balaban J connectivity index is 1.76. The second kappa shape index (κ2) is 7.38. The Kier molecular flexibility index (Phi) is 5.80. The van der Waals surface area contributed by atoms with Crippen molar-refractivity contribution >= 4 is 21.6 Å². The minimum Gasteiger partial charge on any atom is -0.314 e. The van der Waals surface area contributed by atoms with Crippen LogP contribution < -0.4 is 10.0 Å². The highest BCUT2D eigenvalue weighted by atomic mass is 35.5. The lowest BCUT2D eigenvalue weighted by Gasteiger charge is -2.26. The average Bonchev–Trinajstić information content (AvgIpc) is 2.46. The zero-order valence-electron chi connectivity index (χ0n) is 11.3. The summed E-state index contributed by atoms with van der Waals surface area (Å²) in [4.78, 5) is 2.16. The second-order valence-corrected chi connectivity index (χ2v) is 7.22. The predicted octanol–water partition coefficient (Wildman–Crippen LogP) is 0.665. The molecule has 1 saturated heterocycles. The van der Waals surface area contributed by atoms with Crippen molar-refractivity contribution in [3.05, 3.63) is 34.9 Å². The fourth-order valence-electron chi connectivity index (χ4n) is 2.05. The summed E-state index contributed by atoms with van der Waals surface area (Å²) in [5.74, 6) is 0.139. The van der Waals surface area contributed by atoms with Crippen LogP contribution in [0, 0.1) is 0 Å². The van der Waals surface area contributed by atoms with Gasteiger partial charge in [-0.2, -0.15) is 0 Å². The molecule has 0 saturated carbocycles. The fraction of sp³-hybridized carbons (Fsp3) is 0.538. The van der Waals surface area contributed by atoms with Gasteiger partial charge in [-0.15, -0.1) is 0 Å². The highest BCUT2D eigenvalue weighted by Crippen LogP contribution is 2.09. The number of nitrogens with one attached hydrogen (secondary N) is 2. The summed E-state index contributed by atoms with van der Waals surface area (Å²) >= 11 is 5.79. The van der Waals surface area contributed by atoms with Crippen molar-refractivity contribution in [1.82, 2.24) is 14.9 Å². The summed E-state index contributed by atoms with van der Waals surface area (Å²) in [7, 11) is -3.23. The normalized spacial score (nSPS) is 17.2. The molecule has 0 aliphatic carbocycles. The molecule has 0 bridgehead atoms. The molecule has 1 aromatic carbocycles. The summed E-state index contributed by atoms with van der Waals surface area (Å²) in [5, 5.41) is 3.89. The Bertz CT molecular complexity index is 513. The summed E-state index contributed by atoms with van der Waals surface area (Å²) in [6.45, 7) is 4.56. The largest absolute Gasteiger partial charge is 0.314 e. The van der Waals surface area contributed by atoms with E-state index < -0.39 is 10.0 Å². The van der Waals surface area contributed by atoms with Crippen LogP contribution in [-0.4, -0.2) is 51.8 Å². The lowest BCUT2D eigenvalue weighted by Crippen LogP contribution is -2.45. The van der Waals surface area contributed by atoms with E-state index in [0.717, 1.165) is 31.7 Å². The summed E-state index contributed by atoms with van der Waals surface area (Å²) in [5.41, 5.74) is 0.903. The monoisotopic (exact) mass is 317 g/mol. The van der Waals surface area contributed by atoms with E-state index >= 15 is 0 Å². The van der Waals surface area contributed by atoms with Gasteiger partial charge in [0.1, 0.15) is 0 Å². The zero-order valence-corrected chi connectivity index (χ0v) is 12.9. The third-order valence-electron chi connectivity index (χ3n) is 3.30. The van der Waals surface area contributed by atoms with Gasteiger partial charge in [0.05, 0.1) is 5.75 Å². The first-order chi connectivity index (χ1) is 9.55. The zero-order chi connectivity index (χ0) is 14.4. The van der Waals surface area contributed by atoms with E-state index in [1.807, 2.05) is 12.1 Å². The van der Waals surface area contributed by atoms with Crippen molar-refractivity contribution < 1.29 is 8.42 Å². The van der Waals surface area contributed by atoms with Gasteiger partial charge < -0.3 is 5.32 Å². The third kappa shape index (κ3) is 5.38. The molecular formula is C13H20ClN3O2S. The van der Waals surface area contributed by atoms with E-state index in [1.165, 1.54) is 0 Å². The van der Waals surface area contributed by atoms with Gasteiger partial charge in [0, 0.05) is 44.3 Å². The van der Waals surface area contributed by atoms with Gasteiger partial charge in [-0.3, -0.25) is 4.90 Å². The van der Waals surface area contributed by atoms with E-state index in [1.54, 1.807) is 12.1 Å².